The van der Waals surface area contributed by atoms with Crippen LogP contribution in [0, 0.1) is 0 Å². The molecule has 0 bridgehead atoms. The first-order valence-corrected chi connectivity index (χ1v) is 7.52. The summed E-state index contributed by atoms with van der Waals surface area (Å²) in [6.07, 6.45) is 4.23. The molecule has 0 aliphatic rings. The maximum atomic E-state index is 6.24. The van der Waals surface area contributed by atoms with E-state index in [0.29, 0.717) is 5.02 Å². The molecule has 6 heteroatoms. The molecule has 3 heterocycles. The lowest BCUT2D eigenvalue weighted by Crippen LogP contribution is -2.08. The van der Waals surface area contributed by atoms with Gasteiger partial charge in [-0.05, 0) is 25.1 Å². The van der Waals surface area contributed by atoms with E-state index in [-0.39, 0.29) is 5.38 Å². The molecule has 0 aliphatic heterocycles. The minimum atomic E-state index is -0.193. The highest BCUT2D eigenvalue weighted by Gasteiger charge is 2.16. The average molecular weight is 321 g/mol. The van der Waals surface area contributed by atoms with Crippen LogP contribution in [0.15, 0.2) is 36.7 Å². The first kappa shape index (κ1) is 14.3. The summed E-state index contributed by atoms with van der Waals surface area (Å²) in [5.41, 5.74) is 2.60. The minimum Gasteiger partial charge on any atom is -0.311 e. The molecular formula is C15H14Cl2N4. The van der Waals surface area contributed by atoms with Crippen molar-refractivity contribution in [3.05, 3.63) is 53.2 Å². The normalized spacial score (nSPS) is 12.7. The van der Waals surface area contributed by atoms with Gasteiger partial charge in [0.05, 0.1) is 10.4 Å². The van der Waals surface area contributed by atoms with Gasteiger partial charge in [0, 0.05) is 31.1 Å². The first-order chi connectivity index (χ1) is 10.1. The second-order valence-corrected chi connectivity index (χ2v) is 5.90. The SMILES string of the molecule is CC(Cl)c1nc2cc(Cl)cnc2n1CCc1ccccn1. The number of halogens is 2. The zero-order valence-corrected chi connectivity index (χ0v) is 13.0. The summed E-state index contributed by atoms with van der Waals surface area (Å²) < 4.78 is 2.04. The van der Waals surface area contributed by atoms with Crippen LogP contribution in [0.3, 0.4) is 0 Å². The lowest BCUT2D eigenvalue weighted by molar-refractivity contribution is 0.655. The number of nitrogens with zero attached hydrogens (tertiary/aromatic N) is 4. The van der Waals surface area contributed by atoms with Crippen LogP contribution in [-0.4, -0.2) is 19.5 Å². The average Bonchev–Trinajstić information content (AvgIpc) is 2.84. The molecule has 3 rings (SSSR count). The monoisotopic (exact) mass is 320 g/mol. The van der Waals surface area contributed by atoms with E-state index < -0.39 is 0 Å². The van der Waals surface area contributed by atoms with Gasteiger partial charge in [0.25, 0.3) is 0 Å². The Morgan fingerprint density at radius 2 is 2.14 bits per heavy atom. The molecule has 0 spiro atoms. The molecular weight excluding hydrogens is 307 g/mol. The van der Waals surface area contributed by atoms with Crippen molar-refractivity contribution in [2.45, 2.75) is 25.3 Å². The van der Waals surface area contributed by atoms with Gasteiger partial charge in [0.2, 0.25) is 0 Å². The molecule has 1 atom stereocenters. The molecule has 1 unspecified atom stereocenters. The number of alkyl halides is 1. The van der Waals surface area contributed by atoms with Gasteiger partial charge in [-0.2, -0.15) is 0 Å². The van der Waals surface area contributed by atoms with Crippen molar-refractivity contribution in [3.8, 4) is 0 Å². The Kier molecular flexibility index (Phi) is 4.08. The van der Waals surface area contributed by atoms with Gasteiger partial charge in [-0.3, -0.25) is 4.98 Å². The Bertz CT molecular complexity index is 753. The van der Waals surface area contributed by atoms with E-state index in [9.17, 15) is 0 Å². The van der Waals surface area contributed by atoms with Gasteiger partial charge < -0.3 is 4.57 Å². The summed E-state index contributed by atoms with van der Waals surface area (Å²) in [5.74, 6) is 0.803. The highest BCUT2D eigenvalue weighted by atomic mass is 35.5. The standard InChI is InChI=1S/C15H14Cl2N4/c1-10(16)14-20-13-8-11(17)9-19-15(13)21(14)7-5-12-4-2-3-6-18-12/h2-4,6,8-10H,5,7H2,1H3. The largest absolute Gasteiger partial charge is 0.311 e. The maximum Gasteiger partial charge on any atom is 0.160 e. The fraction of sp³-hybridized carbons (Fsp3) is 0.267. The van der Waals surface area contributed by atoms with Crippen LogP contribution in [0.1, 0.15) is 23.8 Å². The van der Waals surface area contributed by atoms with Gasteiger partial charge in [-0.15, -0.1) is 11.6 Å². The molecule has 0 radical (unpaired) electrons. The fourth-order valence-electron chi connectivity index (χ4n) is 2.30. The Hall–Kier alpha value is -1.65. The van der Waals surface area contributed by atoms with E-state index in [4.69, 9.17) is 23.2 Å². The number of aromatic nitrogens is 4. The molecule has 21 heavy (non-hydrogen) atoms. The zero-order chi connectivity index (χ0) is 14.8. The van der Waals surface area contributed by atoms with Crippen LogP contribution in [-0.2, 0) is 13.0 Å². The van der Waals surface area contributed by atoms with Gasteiger partial charge in [0.1, 0.15) is 11.3 Å². The highest BCUT2D eigenvalue weighted by molar-refractivity contribution is 6.31. The molecule has 0 saturated carbocycles. The summed E-state index contributed by atoms with van der Waals surface area (Å²) >= 11 is 12.2. The quantitative estimate of drug-likeness (QED) is 0.682. The van der Waals surface area contributed by atoms with Gasteiger partial charge in [-0.1, -0.05) is 17.7 Å². The topological polar surface area (TPSA) is 43.6 Å². The van der Waals surface area contributed by atoms with Gasteiger partial charge >= 0.3 is 0 Å². The first-order valence-electron chi connectivity index (χ1n) is 6.71. The van der Waals surface area contributed by atoms with Crippen LogP contribution in [0.5, 0.6) is 0 Å². The molecule has 0 N–H and O–H groups in total. The lowest BCUT2D eigenvalue weighted by atomic mass is 10.2. The van der Waals surface area contributed by atoms with E-state index >= 15 is 0 Å². The predicted molar refractivity (Wildman–Crippen MR) is 84.7 cm³/mol. The molecule has 4 nitrogen and oxygen atoms in total. The molecule has 3 aromatic heterocycles. The Morgan fingerprint density at radius 3 is 2.86 bits per heavy atom. The van der Waals surface area contributed by atoms with E-state index in [1.807, 2.05) is 35.8 Å². The third-order valence-corrected chi connectivity index (χ3v) is 3.66. The second-order valence-electron chi connectivity index (χ2n) is 4.80. The molecule has 0 aromatic carbocycles. The zero-order valence-electron chi connectivity index (χ0n) is 11.5. The molecule has 0 fully saturated rings. The van der Waals surface area contributed by atoms with Crippen LogP contribution < -0.4 is 0 Å². The number of imidazole rings is 1. The van der Waals surface area contributed by atoms with Gasteiger partial charge in [-0.25, -0.2) is 9.97 Å². The van der Waals surface area contributed by atoms with Gasteiger partial charge in [0.15, 0.2) is 5.65 Å². The summed E-state index contributed by atoms with van der Waals surface area (Å²) in [6.45, 7) is 2.64. The predicted octanol–water partition coefficient (Wildman–Crippen LogP) is 4.02. The smallest absolute Gasteiger partial charge is 0.160 e. The van der Waals surface area contributed by atoms with E-state index in [1.165, 1.54) is 0 Å². The molecule has 0 aliphatic carbocycles. The Balaban J connectivity index is 1.97. The van der Waals surface area contributed by atoms with Crippen LogP contribution in [0.25, 0.3) is 11.2 Å². The number of hydrogen-bond donors (Lipinski definition) is 0. The lowest BCUT2D eigenvalue weighted by Gasteiger charge is -2.09. The number of fused-ring (bicyclic) bond motifs is 1. The molecule has 0 saturated heterocycles. The van der Waals surface area contributed by atoms with Crippen molar-refractivity contribution in [1.29, 1.82) is 0 Å². The molecule has 3 aromatic rings. The third-order valence-electron chi connectivity index (χ3n) is 3.25. The number of aryl methyl sites for hydroxylation is 2. The minimum absolute atomic E-state index is 0.193. The van der Waals surface area contributed by atoms with Crippen molar-refractivity contribution in [1.82, 2.24) is 19.5 Å². The number of pyridine rings is 2. The van der Waals surface area contributed by atoms with Crippen molar-refractivity contribution >= 4 is 34.4 Å². The number of rotatable bonds is 4. The van der Waals surface area contributed by atoms with Crippen LogP contribution >= 0.6 is 23.2 Å². The van der Waals surface area contributed by atoms with Crippen LogP contribution in [0.2, 0.25) is 5.02 Å². The highest BCUT2D eigenvalue weighted by Crippen LogP contribution is 2.25. The number of hydrogen-bond acceptors (Lipinski definition) is 3. The van der Waals surface area contributed by atoms with Crippen molar-refractivity contribution in [2.24, 2.45) is 0 Å². The molecule has 108 valence electrons. The maximum absolute atomic E-state index is 6.24. The summed E-state index contributed by atoms with van der Waals surface area (Å²) in [7, 11) is 0. The summed E-state index contributed by atoms with van der Waals surface area (Å²) in [5, 5.41) is 0.382. The Labute approximate surface area is 132 Å². The fourth-order valence-corrected chi connectivity index (χ4v) is 2.62. The molecule has 0 amide bonds. The van der Waals surface area contributed by atoms with E-state index in [2.05, 4.69) is 15.0 Å². The summed E-state index contributed by atoms with van der Waals surface area (Å²) in [4.78, 5) is 13.3. The van der Waals surface area contributed by atoms with Crippen molar-refractivity contribution in [3.63, 3.8) is 0 Å². The second kappa shape index (κ2) is 6.00. The summed E-state index contributed by atoms with van der Waals surface area (Å²) in [6, 6.07) is 7.71. The van der Waals surface area contributed by atoms with E-state index in [0.717, 1.165) is 35.6 Å². The van der Waals surface area contributed by atoms with Crippen molar-refractivity contribution < 1.29 is 0 Å². The van der Waals surface area contributed by atoms with Crippen molar-refractivity contribution in [2.75, 3.05) is 0 Å². The third kappa shape index (κ3) is 3.01. The Morgan fingerprint density at radius 1 is 1.29 bits per heavy atom. The van der Waals surface area contributed by atoms with Crippen LogP contribution in [0.4, 0.5) is 0 Å². The van der Waals surface area contributed by atoms with E-state index in [1.54, 1.807) is 12.4 Å².